The molecule has 2 amide bonds. The summed E-state index contributed by atoms with van der Waals surface area (Å²) in [4.78, 5) is 35.2. The summed E-state index contributed by atoms with van der Waals surface area (Å²) in [5.41, 5.74) is 6.97. The Labute approximate surface area is 297 Å². The standard InChI is InChI=1S/C40H34F2N8O2/c41-33-21-31-32(23-45-35(31)22-34(33)42)26-12-17-48(18-13-26)40(52)29-11-15-43-36(19-29)39(51)44-14-6-16-49-24-30(46-47-49)25-50-37-10-5-4-9-28(37)20-38(50)27-7-2-1-3-8-27/h1-5,7-12,15,19-24,45H,6,13-14,16-18,25H2,(H,44,51). The molecule has 12 heteroatoms. The minimum Gasteiger partial charge on any atom is -0.360 e. The molecule has 4 aromatic heterocycles. The summed E-state index contributed by atoms with van der Waals surface area (Å²) in [6.45, 7) is 2.29. The number of benzene rings is 3. The number of amides is 2. The van der Waals surface area contributed by atoms with Gasteiger partial charge in [0, 0.05) is 83.3 Å². The van der Waals surface area contributed by atoms with Crippen molar-refractivity contribution < 1.29 is 18.4 Å². The average molecular weight is 697 g/mol. The Morgan fingerprint density at radius 1 is 0.942 bits per heavy atom. The number of hydrogen-bond acceptors (Lipinski definition) is 5. The predicted octanol–water partition coefficient (Wildman–Crippen LogP) is 6.85. The SMILES string of the molecule is O=C(NCCCn1cc(Cn2c(-c3ccccc3)cc3ccccc32)nn1)c1cc(C(=O)N2CC=C(c3c[nH]c4cc(F)c(F)cc34)CC2)ccn1. The van der Waals surface area contributed by atoms with Crippen molar-refractivity contribution >= 4 is 39.2 Å². The molecular formula is C40H34F2N8O2. The zero-order chi connectivity index (χ0) is 35.6. The summed E-state index contributed by atoms with van der Waals surface area (Å²) >= 11 is 0. The van der Waals surface area contributed by atoms with Gasteiger partial charge in [-0.25, -0.2) is 8.78 Å². The number of nitrogens with zero attached hydrogens (tertiary/aromatic N) is 6. The third kappa shape index (κ3) is 6.58. The van der Waals surface area contributed by atoms with E-state index < -0.39 is 11.6 Å². The van der Waals surface area contributed by atoms with Crippen LogP contribution in [-0.2, 0) is 13.1 Å². The fourth-order valence-corrected chi connectivity index (χ4v) is 6.80. The molecule has 8 rings (SSSR count). The van der Waals surface area contributed by atoms with Gasteiger partial charge in [-0.05, 0) is 54.3 Å². The van der Waals surface area contributed by atoms with Gasteiger partial charge < -0.3 is 19.8 Å². The normalized spacial score (nSPS) is 13.1. The van der Waals surface area contributed by atoms with Crippen LogP contribution in [0.4, 0.5) is 8.78 Å². The molecule has 0 atom stereocenters. The Kier molecular flexibility index (Phi) is 8.86. The molecule has 5 heterocycles. The molecule has 3 aromatic carbocycles. The highest BCUT2D eigenvalue weighted by molar-refractivity contribution is 5.99. The summed E-state index contributed by atoms with van der Waals surface area (Å²) in [5, 5.41) is 13.4. The van der Waals surface area contributed by atoms with Gasteiger partial charge in [0.1, 0.15) is 11.4 Å². The summed E-state index contributed by atoms with van der Waals surface area (Å²) in [6, 6.07) is 26.2. The van der Waals surface area contributed by atoms with E-state index in [1.54, 1.807) is 21.8 Å². The molecule has 0 spiro atoms. The van der Waals surface area contributed by atoms with Gasteiger partial charge >= 0.3 is 0 Å². The van der Waals surface area contributed by atoms with E-state index >= 15 is 0 Å². The first-order valence-electron chi connectivity index (χ1n) is 17.1. The molecule has 2 N–H and O–H groups in total. The number of H-pyrrole nitrogens is 1. The third-order valence-corrected chi connectivity index (χ3v) is 9.44. The van der Waals surface area contributed by atoms with Gasteiger partial charge in [-0.15, -0.1) is 5.10 Å². The van der Waals surface area contributed by atoms with Crippen molar-refractivity contribution in [2.45, 2.75) is 25.9 Å². The zero-order valence-corrected chi connectivity index (χ0v) is 28.1. The van der Waals surface area contributed by atoms with Crippen LogP contribution in [0.1, 0.15) is 44.9 Å². The van der Waals surface area contributed by atoms with Gasteiger partial charge in [0.15, 0.2) is 11.6 Å². The molecule has 260 valence electrons. The summed E-state index contributed by atoms with van der Waals surface area (Å²) in [6.07, 6.45) is 8.21. The smallest absolute Gasteiger partial charge is 0.269 e. The van der Waals surface area contributed by atoms with Gasteiger partial charge in [-0.1, -0.05) is 59.8 Å². The molecule has 0 saturated heterocycles. The minimum atomic E-state index is -0.905. The number of nitrogens with one attached hydrogen (secondary N) is 2. The van der Waals surface area contributed by atoms with Crippen molar-refractivity contribution in [1.29, 1.82) is 0 Å². The van der Waals surface area contributed by atoms with Gasteiger partial charge in [0.05, 0.1) is 12.7 Å². The van der Waals surface area contributed by atoms with Crippen molar-refractivity contribution in [3.63, 3.8) is 0 Å². The molecule has 10 nitrogen and oxygen atoms in total. The first kappa shape index (κ1) is 32.8. The molecular weight excluding hydrogens is 662 g/mol. The quantitative estimate of drug-likeness (QED) is 0.152. The molecule has 1 aliphatic rings. The number of carbonyl (C=O) groups is 2. The van der Waals surface area contributed by atoms with E-state index in [9.17, 15) is 18.4 Å². The lowest BCUT2D eigenvalue weighted by molar-refractivity contribution is 0.0772. The number of para-hydroxylation sites is 1. The van der Waals surface area contributed by atoms with Gasteiger partial charge in [-0.3, -0.25) is 19.3 Å². The van der Waals surface area contributed by atoms with E-state index in [0.29, 0.717) is 62.0 Å². The monoisotopic (exact) mass is 696 g/mol. The molecule has 0 saturated carbocycles. The van der Waals surface area contributed by atoms with E-state index in [2.05, 4.69) is 60.5 Å². The number of rotatable bonds is 10. The van der Waals surface area contributed by atoms with Crippen molar-refractivity contribution in [2.24, 2.45) is 0 Å². The van der Waals surface area contributed by atoms with Crippen LogP contribution in [0.15, 0.2) is 110 Å². The van der Waals surface area contributed by atoms with Gasteiger partial charge in [-0.2, -0.15) is 0 Å². The van der Waals surface area contributed by atoms with E-state index in [4.69, 9.17) is 0 Å². The number of pyridine rings is 1. The Morgan fingerprint density at radius 2 is 1.77 bits per heavy atom. The summed E-state index contributed by atoms with van der Waals surface area (Å²) in [5.74, 6) is -2.40. The number of hydrogen-bond donors (Lipinski definition) is 2. The molecule has 1 aliphatic heterocycles. The van der Waals surface area contributed by atoms with Crippen LogP contribution >= 0.6 is 0 Å². The molecule has 0 fully saturated rings. The number of aromatic nitrogens is 6. The van der Waals surface area contributed by atoms with E-state index in [1.807, 2.05) is 42.6 Å². The lowest BCUT2D eigenvalue weighted by Crippen LogP contribution is -2.35. The van der Waals surface area contributed by atoms with Crippen LogP contribution in [-0.4, -0.2) is 65.9 Å². The molecule has 0 aliphatic carbocycles. The van der Waals surface area contributed by atoms with Crippen LogP contribution < -0.4 is 5.32 Å². The maximum absolute atomic E-state index is 13.9. The van der Waals surface area contributed by atoms with Crippen molar-refractivity contribution in [2.75, 3.05) is 19.6 Å². The molecule has 0 bridgehead atoms. The fourth-order valence-electron chi connectivity index (χ4n) is 6.80. The highest BCUT2D eigenvalue weighted by Crippen LogP contribution is 2.31. The fraction of sp³-hybridized carbons (Fsp3) is 0.175. The Balaban J connectivity index is 0.851. The Hall–Kier alpha value is -6.43. The highest BCUT2D eigenvalue weighted by atomic mass is 19.2. The maximum Gasteiger partial charge on any atom is 0.269 e. The predicted molar refractivity (Wildman–Crippen MR) is 194 cm³/mol. The maximum atomic E-state index is 13.9. The first-order chi connectivity index (χ1) is 25.4. The van der Waals surface area contributed by atoms with Crippen molar-refractivity contribution in [3.05, 3.63) is 144 Å². The van der Waals surface area contributed by atoms with Gasteiger partial charge in [0.25, 0.3) is 11.8 Å². The van der Waals surface area contributed by atoms with Gasteiger partial charge in [0.2, 0.25) is 0 Å². The van der Waals surface area contributed by atoms with E-state index in [1.165, 1.54) is 18.3 Å². The van der Waals surface area contributed by atoms with Crippen LogP contribution in [0.2, 0.25) is 0 Å². The zero-order valence-electron chi connectivity index (χ0n) is 28.1. The largest absolute Gasteiger partial charge is 0.360 e. The second-order valence-corrected chi connectivity index (χ2v) is 12.8. The Bertz CT molecular complexity index is 2460. The lowest BCUT2D eigenvalue weighted by atomic mass is 9.98. The Morgan fingerprint density at radius 3 is 2.62 bits per heavy atom. The second-order valence-electron chi connectivity index (χ2n) is 12.8. The second kappa shape index (κ2) is 14.1. The highest BCUT2D eigenvalue weighted by Gasteiger charge is 2.22. The topological polar surface area (TPSA) is 114 Å². The summed E-state index contributed by atoms with van der Waals surface area (Å²) < 4.78 is 31.6. The number of aryl methyl sites for hydroxylation is 1. The van der Waals surface area contributed by atoms with E-state index in [-0.39, 0.29) is 17.5 Å². The van der Waals surface area contributed by atoms with Crippen molar-refractivity contribution in [3.8, 4) is 11.3 Å². The van der Waals surface area contributed by atoms with Crippen LogP contribution in [0.5, 0.6) is 0 Å². The third-order valence-electron chi connectivity index (χ3n) is 9.44. The first-order valence-corrected chi connectivity index (χ1v) is 17.1. The molecule has 52 heavy (non-hydrogen) atoms. The molecule has 0 radical (unpaired) electrons. The van der Waals surface area contributed by atoms with Crippen LogP contribution in [0, 0.1) is 11.6 Å². The number of aromatic amines is 1. The lowest BCUT2D eigenvalue weighted by Gasteiger charge is -2.26. The molecule has 7 aromatic rings. The summed E-state index contributed by atoms with van der Waals surface area (Å²) in [7, 11) is 0. The van der Waals surface area contributed by atoms with Crippen molar-refractivity contribution in [1.82, 2.24) is 39.7 Å². The van der Waals surface area contributed by atoms with Crippen LogP contribution in [0.25, 0.3) is 38.6 Å². The van der Waals surface area contributed by atoms with Crippen LogP contribution in [0.3, 0.4) is 0 Å². The van der Waals surface area contributed by atoms with E-state index in [0.717, 1.165) is 45.1 Å². The number of halogens is 2. The molecule has 0 unspecified atom stereocenters. The number of carbonyl (C=O) groups excluding carboxylic acids is 2. The number of fused-ring (bicyclic) bond motifs is 2. The minimum absolute atomic E-state index is 0.156. The average Bonchev–Trinajstić information content (AvgIpc) is 3.91.